The quantitative estimate of drug-likeness (QED) is 0.907. The van der Waals surface area contributed by atoms with Crippen molar-refractivity contribution in [2.24, 2.45) is 5.73 Å². The lowest BCUT2D eigenvalue weighted by molar-refractivity contribution is 0.383. The van der Waals surface area contributed by atoms with Gasteiger partial charge in [-0.25, -0.2) is 4.39 Å². The minimum atomic E-state index is -0.310. The summed E-state index contributed by atoms with van der Waals surface area (Å²) in [5.41, 5.74) is 9.19. The summed E-state index contributed by atoms with van der Waals surface area (Å²) < 4.78 is 19.1. The van der Waals surface area contributed by atoms with Crippen LogP contribution in [0, 0.1) is 12.7 Å². The van der Waals surface area contributed by atoms with Crippen molar-refractivity contribution in [3.8, 4) is 5.75 Å². The van der Waals surface area contributed by atoms with Crippen molar-refractivity contribution < 1.29 is 9.13 Å². The lowest BCUT2D eigenvalue weighted by atomic mass is 9.97. The molecule has 0 heterocycles. The molecule has 2 nitrogen and oxygen atoms in total. The SMILES string of the molecule is COc1cccc(CC(N)Cc2ccccc2C)c1F. The number of benzene rings is 2. The first-order valence-corrected chi connectivity index (χ1v) is 6.73. The molecule has 2 N–H and O–H groups in total. The normalized spacial score (nSPS) is 12.2. The predicted molar refractivity (Wildman–Crippen MR) is 79.5 cm³/mol. The second-order valence-electron chi connectivity index (χ2n) is 5.03. The maximum absolute atomic E-state index is 14.1. The number of rotatable bonds is 5. The number of hydrogen-bond acceptors (Lipinski definition) is 2. The smallest absolute Gasteiger partial charge is 0.168 e. The van der Waals surface area contributed by atoms with Gasteiger partial charge in [-0.05, 0) is 42.5 Å². The van der Waals surface area contributed by atoms with Crippen LogP contribution in [0.2, 0.25) is 0 Å². The van der Waals surface area contributed by atoms with Crippen molar-refractivity contribution in [2.75, 3.05) is 7.11 Å². The lowest BCUT2D eigenvalue weighted by Gasteiger charge is -2.15. The molecule has 0 radical (unpaired) electrons. The van der Waals surface area contributed by atoms with Gasteiger partial charge < -0.3 is 10.5 Å². The standard InChI is InChI=1S/C17H20FNO/c1-12-6-3-4-7-13(12)10-15(19)11-14-8-5-9-16(20-2)17(14)18/h3-9,15H,10-11,19H2,1-2H3. The van der Waals surface area contributed by atoms with Crippen LogP contribution in [-0.4, -0.2) is 13.2 Å². The van der Waals surface area contributed by atoms with E-state index in [0.29, 0.717) is 12.0 Å². The van der Waals surface area contributed by atoms with E-state index in [1.807, 2.05) is 12.1 Å². The van der Waals surface area contributed by atoms with E-state index in [1.54, 1.807) is 18.2 Å². The molecule has 0 saturated heterocycles. The van der Waals surface area contributed by atoms with Crippen molar-refractivity contribution in [1.29, 1.82) is 0 Å². The van der Waals surface area contributed by atoms with Gasteiger partial charge in [-0.2, -0.15) is 0 Å². The Labute approximate surface area is 119 Å². The van der Waals surface area contributed by atoms with Crippen LogP contribution in [0.1, 0.15) is 16.7 Å². The molecule has 1 atom stereocenters. The second kappa shape index (κ2) is 6.53. The third-order valence-corrected chi connectivity index (χ3v) is 3.49. The number of methoxy groups -OCH3 is 1. The average Bonchev–Trinajstić information content (AvgIpc) is 2.44. The minimum absolute atomic E-state index is 0.113. The van der Waals surface area contributed by atoms with Crippen molar-refractivity contribution in [2.45, 2.75) is 25.8 Å². The Hall–Kier alpha value is -1.87. The van der Waals surface area contributed by atoms with Gasteiger partial charge in [0.2, 0.25) is 0 Å². The van der Waals surface area contributed by atoms with Gasteiger partial charge in [0.15, 0.2) is 11.6 Å². The van der Waals surface area contributed by atoms with Crippen molar-refractivity contribution in [3.63, 3.8) is 0 Å². The molecule has 2 aromatic rings. The molecule has 2 aromatic carbocycles. The molecule has 0 aromatic heterocycles. The number of halogens is 1. The fraction of sp³-hybridized carbons (Fsp3) is 0.294. The summed E-state index contributed by atoms with van der Waals surface area (Å²) in [5, 5.41) is 0. The van der Waals surface area contributed by atoms with E-state index in [4.69, 9.17) is 10.5 Å². The Morgan fingerprint density at radius 2 is 1.70 bits per heavy atom. The van der Waals surface area contributed by atoms with Gasteiger partial charge >= 0.3 is 0 Å². The van der Waals surface area contributed by atoms with E-state index < -0.39 is 0 Å². The van der Waals surface area contributed by atoms with Crippen molar-refractivity contribution in [3.05, 3.63) is 65.0 Å². The summed E-state index contributed by atoms with van der Waals surface area (Å²) in [4.78, 5) is 0. The molecule has 0 saturated carbocycles. The molecule has 0 amide bonds. The van der Waals surface area contributed by atoms with Gasteiger partial charge in [-0.1, -0.05) is 36.4 Å². The predicted octanol–water partition coefficient (Wildman–Crippen LogP) is 3.26. The van der Waals surface area contributed by atoms with E-state index in [0.717, 1.165) is 6.42 Å². The van der Waals surface area contributed by atoms with Gasteiger partial charge in [-0.3, -0.25) is 0 Å². The largest absolute Gasteiger partial charge is 0.494 e. The zero-order valence-electron chi connectivity index (χ0n) is 11.9. The number of aryl methyl sites for hydroxylation is 1. The molecule has 106 valence electrons. The van der Waals surface area contributed by atoms with E-state index in [9.17, 15) is 4.39 Å². The van der Waals surface area contributed by atoms with Crippen molar-refractivity contribution >= 4 is 0 Å². The second-order valence-corrected chi connectivity index (χ2v) is 5.03. The lowest BCUT2D eigenvalue weighted by Crippen LogP contribution is -2.26. The first-order chi connectivity index (χ1) is 9.61. The molecular formula is C17H20FNO. The average molecular weight is 273 g/mol. The van der Waals surface area contributed by atoms with Crippen LogP contribution in [-0.2, 0) is 12.8 Å². The summed E-state index contributed by atoms with van der Waals surface area (Å²) in [6, 6.07) is 13.2. The molecule has 0 aliphatic heterocycles. The summed E-state index contributed by atoms with van der Waals surface area (Å²) in [6.07, 6.45) is 1.24. The highest BCUT2D eigenvalue weighted by Crippen LogP contribution is 2.21. The molecule has 20 heavy (non-hydrogen) atoms. The molecule has 0 fully saturated rings. The summed E-state index contributed by atoms with van der Waals surface area (Å²) in [5.74, 6) is -0.0409. The van der Waals surface area contributed by atoms with Gasteiger partial charge in [0.05, 0.1) is 7.11 Å². The third-order valence-electron chi connectivity index (χ3n) is 3.49. The molecule has 0 spiro atoms. The van der Waals surface area contributed by atoms with Gasteiger partial charge in [0, 0.05) is 6.04 Å². The topological polar surface area (TPSA) is 35.2 Å². The summed E-state index contributed by atoms with van der Waals surface area (Å²) in [7, 11) is 1.47. The molecule has 0 aliphatic carbocycles. The van der Waals surface area contributed by atoms with Gasteiger partial charge in [0.1, 0.15) is 0 Å². The summed E-state index contributed by atoms with van der Waals surface area (Å²) in [6.45, 7) is 2.06. The molecule has 3 heteroatoms. The maximum atomic E-state index is 14.1. The first-order valence-electron chi connectivity index (χ1n) is 6.73. The van der Waals surface area contributed by atoms with Gasteiger partial charge in [-0.15, -0.1) is 0 Å². The zero-order valence-corrected chi connectivity index (χ0v) is 11.9. The fourth-order valence-corrected chi connectivity index (χ4v) is 2.35. The fourth-order valence-electron chi connectivity index (χ4n) is 2.35. The van der Waals surface area contributed by atoms with E-state index >= 15 is 0 Å². The molecule has 0 bridgehead atoms. The van der Waals surface area contributed by atoms with Crippen LogP contribution < -0.4 is 10.5 Å². The minimum Gasteiger partial charge on any atom is -0.494 e. The maximum Gasteiger partial charge on any atom is 0.168 e. The molecule has 0 aliphatic rings. The Balaban J connectivity index is 2.09. The van der Waals surface area contributed by atoms with E-state index in [2.05, 4.69) is 19.1 Å². The van der Waals surface area contributed by atoms with Crippen molar-refractivity contribution in [1.82, 2.24) is 0 Å². The van der Waals surface area contributed by atoms with Crippen LogP contribution in [0.25, 0.3) is 0 Å². The monoisotopic (exact) mass is 273 g/mol. The Morgan fingerprint density at radius 3 is 2.40 bits per heavy atom. The Morgan fingerprint density at radius 1 is 1.05 bits per heavy atom. The molecular weight excluding hydrogens is 253 g/mol. The molecule has 2 rings (SSSR count). The van der Waals surface area contributed by atoms with Crippen LogP contribution in [0.3, 0.4) is 0 Å². The number of hydrogen-bond donors (Lipinski definition) is 1. The van der Waals surface area contributed by atoms with Crippen LogP contribution in [0.5, 0.6) is 5.75 Å². The zero-order chi connectivity index (χ0) is 14.5. The highest BCUT2D eigenvalue weighted by molar-refractivity contribution is 5.32. The van der Waals surface area contributed by atoms with Gasteiger partial charge in [0.25, 0.3) is 0 Å². The Bertz CT molecular complexity index is 583. The number of nitrogens with two attached hydrogens (primary N) is 1. The van der Waals surface area contributed by atoms with E-state index in [-0.39, 0.29) is 17.6 Å². The molecule has 1 unspecified atom stereocenters. The highest BCUT2D eigenvalue weighted by Gasteiger charge is 2.13. The first kappa shape index (κ1) is 14.5. The Kier molecular flexibility index (Phi) is 4.74. The van der Waals surface area contributed by atoms with Crippen LogP contribution in [0.15, 0.2) is 42.5 Å². The summed E-state index contributed by atoms with van der Waals surface area (Å²) >= 11 is 0. The number of ether oxygens (including phenoxy) is 1. The van der Waals surface area contributed by atoms with Crippen LogP contribution in [0.4, 0.5) is 4.39 Å². The van der Waals surface area contributed by atoms with Crippen LogP contribution >= 0.6 is 0 Å². The highest BCUT2D eigenvalue weighted by atomic mass is 19.1. The van der Waals surface area contributed by atoms with E-state index in [1.165, 1.54) is 18.2 Å². The third kappa shape index (κ3) is 3.36.